The highest BCUT2D eigenvalue weighted by molar-refractivity contribution is 7.88. The van der Waals surface area contributed by atoms with Crippen LogP contribution in [0.4, 0.5) is 0 Å². The van der Waals surface area contributed by atoms with Crippen LogP contribution in [0.15, 0.2) is 48.5 Å². The predicted molar refractivity (Wildman–Crippen MR) is 115 cm³/mol. The number of benzene rings is 2. The second kappa shape index (κ2) is 8.65. The Balaban J connectivity index is 1.78. The van der Waals surface area contributed by atoms with E-state index in [1.807, 2.05) is 62.4 Å². The molecule has 0 saturated heterocycles. The summed E-state index contributed by atoms with van der Waals surface area (Å²) in [5, 5.41) is 2.99. The number of rotatable bonds is 7. The Bertz CT molecular complexity index is 1010. The summed E-state index contributed by atoms with van der Waals surface area (Å²) in [5.74, 6) is 0.979. The second-order valence-corrected chi connectivity index (χ2v) is 10.1. The molecule has 0 bridgehead atoms. The number of hydrogen-bond acceptors (Lipinski definition) is 5. The number of amides is 1. The molecule has 0 aliphatic carbocycles. The second-order valence-electron chi connectivity index (χ2n) is 8.11. The average Bonchev–Trinajstić information content (AvgIpc) is 2.66. The van der Waals surface area contributed by atoms with Gasteiger partial charge in [-0.05, 0) is 37.6 Å². The van der Waals surface area contributed by atoms with Gasteiger partial charge in [0.25, 0.3) is 0 Å². The Hall–Kier alpha value is -2.58. The zero-order valence-corrected chi connectivity index (χ0v) is 18.5. The van der Waals surface area contributed by atoms with Gasteiger partial charge in [-0.15, -0.1) is 0 Å². The van der Waals surface area contributed by atoms with E-state index in [9.17, 15) is 13.2 Å². The molecule has 0 radical (unpaired) electrons. The Kier molecular flexibility index (Phi) is 6.38. The molecule has 1 N–H and O–H groups in total. The summed E-state index contributed by atoms with van der Waals surface area (Å²) in [5.41, 5.74) is 1.16. The van der Waals surface area contributed by atoms with E-state index in [0.717, 1.165) is 17.4 Å². The monoisotopic (exact) mass is 432 g/mol. The molecule has 3 rings (SSSR count). The number of carbonyl (C=O) groups is 1. The average molecular weight is 433 g/mol. The minimum Gasteiger partial charge on any atom is -0.497 e. The van der Waals surface area contributed by atoms with Gasteiger partial charge in [0.05, 0.1) is 26.0 Å². The Morgan fingerprint density at radius 3 is 2.57 bits per heavy atom. The molecule has 0 aromatic heterocycles. The van der Waals surface area contributed by atoms with E-state index in [0.29, 0.717) is 17.9 Å². The van der Waals surface area contributed by atoms with Gasteiger partial charge in [-0.3, -0.25) is 4.79 Å². The van der Waals surface area contributed by atoms with Crippen molar-refractivity contribution < 1.29 is 22.7 Å². The van der Waals surface area contributed by atoms with Gasteiger partial charge in [0.2, 0.25) is 15.9 Å². The van der Waals surface area contributed by atoms with Gasteiger partial charge in [0.1, 0.15) is 17.1 Å². The third-order valence-corrected chi connectivity index (χ3v) is 6.20. The zero-order chi connectivity index (χ0) is 21.9. The molecule has 1 heterocycles. The lowest BCUT2D eigenvalue weighted by atomic mass is 9.89. The van der Waals surface area contributed by atoms with Crippen LogP contribution < -0.4 is 14.8 Å². The molecule has 1 aliphatic heterocycles. The lowest BCUT2D eigenvalue weighted by molar-refractivity contribution is -0.122. The quantitative estimate of drug-likeness (QED) is 0.727. The third-order valence-electron chi connectivity index (χ3n) is 5.00. The van der Waals surface area contributed by atoms with Crippen molar-refractivity contribution in [1.82, 2.24) is 9.62 Å². The molecule has 0 saturated carbocycles. The summed E-state index contributed by atoms with van der Waals surface area (Å²) in [6.45, 7) is 3.79. The number of sulfonamides is 1. The molecule has 0 spiro atoms. The zero-order valence-electron chi connectivity index (χ0n) is 17.7. The maximum absolute atomic E-state index is 12.8. The molecular weight excluding hydrogens is 404 g/mol. The minimum atomic E-state index is -3.57. The third kappa shape index (κ3) is 5.52. The van der Waals surface area contributed by atoms with Crippen LogP contribution >= 0.6 is 0 Å². The van der Waals surface area contributed by atoms with Crippen LogP contribution in [-0.4, -0.2) is 44.1 Å². The highest BCUT2D eigenvalue weighted by atomic mass is 32.2. The molecule has 30 heavy (non-hydrogen) atoms. The summed E-state index contributed by atoms with van der Waals surface area (Å²) in [6.07, 6.45) is 1.66. The molecule has 1 amide bonds. The van der Waals surface area contributed by atoms with Gasteiger partial charge in [-0.25, -0.2) is 8.42 Å². The number of hydrogen-bond donors (Lipinski definition) is 1. The molecular formula is C22H28N2O5S. The van der Waals surface area contributed by atoms with Crippen molar-refractivity contribution in [2.24, 2.45) is 0 Å². The Morgan fingerprint density at radius 1 is 1.23 bits per heavy atom. The number of ether oxygens (including phenoxy) is 2. The summed E-state index contributed by atoms with van der Waals surface area (Å²) in [6, 6.07) is 14.4. The topological polar surface area (TPSA) is 84.9 Å². The van der Waals surface area contributed by atoms with Crippen molar-refractivity contribution >= 4 is 15.9 Å². The summed E-state index contributed by atoms with van der Waals surface area (Å²) in [7, 11) is -1.99. The van der Waals surface area contributed by atoms with Gasteiger partial charge in [-0.2, -0.15) is 4.31 Å². The van der Waals surface area contributed by atoms with Crippen LogP contribution in [0, 0.1) is 0 Å². The van der Waals surface area contributed by atoms with E-state index in [1.54, 1.807) is 7.11 Å². The van der Waals surface area contributed by atoms with E-state index in [-0.39, 0.29) is 25.0 Å². The van der Waals surface area contributed by atoms with Gasteiger partial charge in [0.15, 0.2) is 0 Å². The summed E-state index contributed by atoms with van der Waals surface area (Å²) < 4.78 is 37.0. The van der Waals surface area contributed by atoms with Crippen LogP contribution in [0.5, 0.6) is 11.5 Å². The van der Waals surface area contributed by atoms with E-state index in [1.165, 1.54) is 4.31 Å². The number of fused-ring (bicyclic) bond motifs is 1. The molecule has 2 aromatic carbocycles. The Labute approximate surface area is 178 Å². The first-order valence-electron chi connectivity index (χ1n) is 9.73. The summed E-state index contributed by atoms with van der Waals surface area (Å²) in [4.78, 5) is 12.8. The van der Waals surface area contributed by atoms with Gasteiger partial charge >= 0.3 is 0 Å². The number of methoxy groups -OCH3 is 1. The number of nitrogens with zero attached hydrogens (tertiary/aromatic N) is 1. The molecule has 162 valence electrons. The van der Waals surface area contributed by atoms with Crippen LogP contribution in [0.2, 0.25) is 0 Å². The molecule has 8 heteroatoms. The molecule has 7 nitrogen and oxygen atoms in total. The predicted octanol–water partition coefficient (Wildman–Crippen LogP) is 2.88. The molecule has 2 aromatic rings. The smallest absolute Gasteiger partial charge is 0.235 e. The lowest BCUT2D eigenvalue weighted by Gasteiger charge is -2.38. The summed E-state index contributed by atoms with van der Waals surface area (Å²) >= 11 is 0. The fourth-order valence-corrected chi connectivity index (χ4v) is 4.30. The SMILES string of the molecule is COc1ccc2c(c1)[C@@H](NC(=O)CN(Cc1ccccc1)S(C)(=O)=O)CC(C)(C)O2. The van der Waals surface area contributed by atoms with Crippen LogP contribution in [0.25, 0.3) is 0 Å². The first-order valence-corrected chi connectivity index (χ1v) is 11.6. The van der Waals surface area contributed by atoms with Gasteiger partial charge in [-0.1, -0.05) is 30.3 Å². The van der Waals surface area contributed by atoms with Crippen molar-refractivity contribution in [2.75, 3.05) is 19.9 Å². The fraction of sp³-hybridized carbons (Fsp3) is 0.409. The standard InChI is InChI=1S/C22H28N2O5S/c1-22(2)13-19(18-12-17(28-3)10-11-20(18)29-22)23-21(25)15-24(30(4,26)27)14-16-8-6-5-7-9-16/h5-12,19H,13-15H2,1-4H3,(H,23,25)/t19-/m0/s1. The lowest BCUT2D eigenvalue weighted by Crippen LogP contribution is -2.45. The number of carbonyl (C=O) groups excluding carboxylic acids is 1. The maximum Gasteiger partial charge on any atom is 0.235 e. The highest BCUT2D eigenvalue weighted by Crippen LogP contribution is 2.41. The fourth-order valence-electron chi connectivity index (χ4n) is 3.57. The largest absolute Gasteiger partial charge is 0.497 e. The van der Waals surface area contributed by atoms with E-state index >= 15 is 0 Å². The van der Waals surface area contributed by atoms with E-state index in [2.05, 4.69) is 5.32 Å². The first kappa shape index (κ1) is 22.1. The van der Waals surface area contributed by atoms with E-state index < -0.39 is 15.6 Å². The van der Waals surface area contributed by atoms with Crippen molar-refractivity contribution in [3.8, 4) is 11.5 Å². The van der Waals surface area contributed by atoms with Crippen molar-refractivity contribution in [3.63, 3.8) is 0 Å². The molecule has 0 fully saturated rings. The molecule has 1 atom stereocenters. The van der Waals surface area contributed by atoms with Crippen molar-refractivity contribution in [2.45, 2.75) is 38.5 Å². The van der Waals surface area contributed by atoms with Crippen molar-refractivity contribution in [3.05, 3.63) is 59.7 Å². The molecule has 0 unspecified atom stereocenters. The van der Waals surface area contributed by atoms with Crippen LogP contribution in [-0.2, 0) is 21.4 Å². The number of nitrogens with one attached hydrogen (secondary N) is 1. The highest BCUT2D eigenvalue weighted by Gasteiger charge is 2.35. The van der Waals surface area contributed by atoms with Crippen LogP contribution in [0.3, 0.4) is 0 Å². The first-order chi connectivity index (χ1) is 14.1. The van der Waals surface area contributed by atoms with Crippen LogP contribution in [0.1, 0.15) is 37.4 Å². The molecule has 1 aliphatic rings. The van der Waals surface area contributed by atoms with Gasteiger partial charge < -0.3 is 14.8 Å². The Morgan fingerprint density at radius 2 is 1.93 bits per heavy atom. The van der Waals surface area contributed by atoms with E-state index in [4.69, 9.17) is 9.47 Å². The van der Waals surface area contributed by atoms with Gasteiger partial charge in [0, 0.05) is 18.5 Å². The maximum atomic E-state index is 12.8. The normalized spacial score (nSPS) is 17.7. The van der Waals surface area contributed by atoms with Crippen molar-refractivity contribution in [1.29, 1.82) is 0 Å². The minimum absolute atomic E-state index is 0.136.